The standard InChI is InChI=1S/C39H47NO6S/c1-3-21-44-39-36(47-30-17-15-26-11-5-6-12-27(26)22-30)25-34(40-45-4-2)32-23-28(13-7-9-19-41)31(14-8-10-20-42)37(38(32)39)33-24-29(43)16-18-35(33)46-39/h3,5-6,11-12,15-18,22-24,28,31,36-38,41-43H,1,4,7-10,13-14,19-21,25H2,2H3. The quantitative estimate of drug-likeness (QED) is 0.0865. The molecule has 6 rings (SSSR count). The first-order chi connectivity index (χ1) is 23.0. The fraction of sp³-hybridized carbons (Fsp3) is 0.462. The number of rotatable bonds is 15. The van der Waals surface area contributed by atoms with Crippen LogP contribution >= 0.6 is 11.8 Å². The summed E-state index contributed by atoms with van der Waals surface area (Å²) in [4.78, 5) is 6.90. The van der Waals surface area contributed by atoms with Gasteiger partial charge in [0.2, 0.25) is 5.79 Å². The summed E-state index contributed by atoms with van der Waals surface area (Å²) in [5, 5.41) is 37.1. The molecule has 3 aliphatic rings. The molecule has 6 unspecified atom stereocenters. The van der Waals surface area contributed by atoms with Crippen LogP contribution in [0.2, 0.25) is 0 Å². The minimum Gasteiger partial charge on any atom is -0.508 e. The number of unbranched alkanes of at least 4 members (excludes halogenated alkanes) is 2. The van der Waals surface area contributed by atoms with Gasteiger partial charge in [-0.05, 0) is 91.1 Å². The molecular formula is C39H47NO6S. The molecule has 3 N–H and O–H groups in total. The molecule has 0 amide bonds. The van der Waals surface area contributed by atoms with Gasteiger partial charge in [-0.25, -0.2) is 0 Å². The van der Waals surface area contributed by atoms with Crippen molar-refractivity contribution >= 4 is 28.2 Å². The Bertz CT molecular complexity index is 1610. The largest absolute Gasteiger partial charge is 0.508 e. The monoisotopic (exact) mass is 657 g/mol. The Balaban J connectivity index is 1.54. The minimum atomic E-state index is -1.05. The van der Waals surface area contributed by atoms with E-state index in [4.69, 9.17) is 19.5 Å². The average Bonchev–Trinajstić information content (AvgIpc) is 3.09. The van der Waals surface area contributed by atoms with Gasteiger partial charge in [0.25, 0.3) is 0 Å². The van der Waals surface area contributed by atoms with Gasteiger partial charge >= 0.3 is 0 Å². The van der Waals surface area contributed by atoms with E-state index in [9.17, 15) is 15.3 Å². The SMILES string of the molecule is C=CCOC12Oc3ccc(O)cc3C3C(CCCCO)C(CCCCO)C=C(C(=NOCC)CC1Sc1ccc4ccccc4c1)C32. The van der Waals surface area contributed by atoms with Crippen LogP contribution in [0.3, 0.4) is 0 Å². The van der Waals surface area contributed by atoms with Crippen molar-refractivity contribution in [2.45, 2.75) is 73.7 Å². The second-order valence-electron chi connectivity index (χ2n) is 12.8. The summed E-state index contributed by atoms with van der Waals surface area (Å²) in [5.41, 5.74) is 2.97. The summed E-state index contributed by atoms with van der Waals surface area (Å²) < 4.78 is 14.1. The maximum atomic E-state index is 10.8. The zero-order valence-corrected chi connectivity index (χ0v) is 28.0. The molecule has 0 radical (unpaired) electrons. The molecule has 0 bridgehead atoms. The number of aliphatic hydroxyl groups excluding tert-OH is 2. The van der Waals surface area contributed by atoms with E-state index < -0.39 is 5.79 Å². The zero-order valence-electron chi connectivity index (χ0n) is 27.2. The Kier molecular flexibility index (Phi) is 10.9. The Labute approximate surface area is 282 Å². The number of benzene rings is 3. The highest BCUT2D eigenvalue weighted by atomic mass is 32.2. The van der Waals surface area contributed by atoms with E-state index in [0.29, 0.717) is 19.6 Å². The number of ether oxygens (including phenoxy) is 2. The van der Waals surface area contributed by atoms with E-state index in [1.807, 2.05) is 19.1 Å². The Morgan fingerprint density at radius 2 is 1.79 bits per heavy atom. The molecule has 0 aromatic heterocycles. The molecule has 8 heteroatoms. The molecule has 1 heterocycles. The van der Waals surface area contributed by atoms with Crippen LogP contribution in [0.25, 0.3) is 10.8 Å². The van der Waals surface area contributed by atoms with Crippen molar-refractivity contribution in [3.8, 4) is 11.5 Å². The van der Waals surface area contributed by atoms with E-state index in [1.54, 1.807) is 23.9 Å². The second kappa shape index (κ2) is 15.3. The molecule has 3 aromatic carbocycles. The maximum Gasteiger partial charge on any atom is 0.231 e. The van der Waals surface area contributed by atoms with Gasteiger partial charge in [0.1, 0.15) is 18.1 Å². The lowest BCUT2D eigenvalue weighted by molar-refractivity contribution is -0.223. The predicted octanol–water partition coefficient (Wildman–Crippen LogP) is 7.99. The maximum absolute atomic E-state index is 10.8. The Morgan fingerprint density at radius 1 is 1.00 bits per heavy atom. The molecule has 1 fully saturated rings. The molecule has 7 nitrogen and oxygen atoms in total. The van der Waals surface area contributed by atoms with Gasteiger partial charge in [0, 0.05) is 36.0 Å². The Morgan fingerprint density at radius 3 is 2.55 bits per heavy atom. The molecule has 2 aliphatic carbocycles. The molecule has 250 valence electrons. The van der Waals surface area contributed by atoms with Crippen LogP contribution < -0.4 is 4.74 Å². The molecule has 47 heavy (non-hydrogen) atoms. The average molecular weight is 658 g/mol. The summed E-state index contributed by atoms with van der Waals surface area (Å²) in [5.74, 6) is 0.0130. The third kappa shape index (κ3) is 6.84. The number of allylic oxidation sites excluding steroid dienone is 1. The Hall–Kier alpha value is -3.30. The number of oxime groups is 1. The lowest BCUT2D eigenvalue weighted by Crippen LogP contribution is -2.64. The van der Waals surface area contributed by atoms with Crippen molar-refractivity contribution in [2.75, 3.05) is 26.4 Å². The van der Waals surface area contributed by atoms with Crippen LogP contribution in [-0.4, -0.2) is 58.5 Å². The molecule has 0 spiro atoms. The van der Waals surface area contributed by atoms with Crippen LogP contribution in [-0.2, 0) is 9.57 Å². The molecule has 0 saturated heterocycles. The van der Waals surface area contributed by atoms with Gasteiger partial charge in [-0.3, -0.25) is 0 Å². The van der Waals surface area contributed by atoms with Crippen molar-refractivity contribution in [3.05, 3.63) is 90.5 Å². The fourth-order valence-corrected chi connectivity index (χ4v) is 9.32. The van der Waals surface area contributed by atoms with Gasteiger partial charge in [0.15, 0.2) is 0 Å². The molecular weight excluding hydrogens is 610 g/mol. The van der Waals surface area contributed by atoms with Crippen LogP contribution in [0.15, 0.2) is 95.0 Å². The van der Waals surface area contributed by atoms with Crippen molar-refractivity contribution < 1.29 is 29.6 Å². The third-order valence-corrected chi connectivity index (χ3v) is 11.2. The number of thioether (sulfide) groups is 1. The van der Waals surface area contributed by atoms with Gasteiger partial charge in [-0.2, -0.15) is 0 Å². The smallest absolute Gasteiger partial charge is 0.231 e. The predicted molar refractivity (Wildman–Crippen MR) is 188 cm³/mol. The number of phenolic OH excluding ortho intramolecular Hbond substituents is 1. The number of phenols is 1. The van der Waals surface area contributed by atoms with E-state index in [1.165, 1.54) is 10.8 Å². The van der Waals surface area contributed by atoms with Gasteiger partial charge in [-0.1, -0.05) is 60.5 Å². The lowest BCUT2D eigenvalue weighted by Gasteiger charge is -2.58. The van der Waals surface area contributed by atoms with E-state index in [2.05, 4.69) is 55.1 Å². The number of aromatic hydroxyl groups is 1. The normalized spacial score (nSPS) is 27.1. The summed E-state index contributed by atoms with van der Waals surface area (Å²) >= 11 is 1.75. The molecule has 1 aliphatic heterocycles. The lowest BCUT2D eigenvalue weighted by atomic mass is 9.56. The third-order valence-electron chi connectivity index (χ3n) is 9.94. The highest BCUT2D eigenvalue weighted by Gasteiger charge is 2.64. The van der Waals surface area contributed by atoms with E-state index in [0.717, 1.165) is 66.0 Å². The van der Waals surface area contributed by atoms with Crippen LogP contribution in [0, 0.1) is 17.8 Å². The number of aliphatic hydroxyl groups is 2. The van der Waals surface area contributed by atoms with Gasteiger partial charge < -0.3 is 29.6 Å². The van der Waals surface area contributed by atoms with Gasteiger partial charge in [-0.15, -0.1) is 18.3 Å². The highest BCUT2D eigenvalue weighted by Crippen LogP contribution is 2.63. The van der Waals surface area contributed by atoms with Crippen LogP contribution in [0.5, 0.6) is 11.5 Å². The minimum absolute atomic E-state index is 0.0414. The van der Waals surface area contributed by atoms with Crippen LogP contribution in [0.1, 0.15) is 63.4 Å². The number of fused-ring (bicyclic) bond motifs is 3. The van der Waals surface area contributed by atoms with Crippen molar-refractivity contribution in [3.63, 3.8) is 0 Å². The topological polar surface area (TPSA) is 101 Å². The first-order valence-electron chi connectivity index (χ1n) is 17.1. The second-order valence-corrected chi connectivity index (χ2v) is 14.1. The van der Waals surface area contributed by atoms with Gasteiger partial charge in [0.05, 0.1) is 23.5 Å². The number of nitrogens with zero attached hydrogens (tertiary/aromatic N) is 1. The van der Waals surface area contributed by atoms with Crippen molar-refractivity contribution in [1.82, 2.24) is 0 Å². The molecule has 1 saturated carbocycles. The highest BCUT2D eigenvalue weighted by molar-refractivity contribution is 8.00. The summed E-state index contributed by atoms with van der Waals surface area (Å²) in [7, 11) is 0. The summed E-state index contributed by atoms with van der Waals surface area (Å²) in [6, 6.07) is 20.4. The summed E-state index contributed by atoms with van der Waals surface area (Å²) in [6.45, 7) is 7.04. The zero-order chi connectivity index (χ0) is 32.8. The van der Waals surface area contributed by atoms with E-state index in [-0.39, 0.29) is 47.9 Å². The molecule has 3 aromatic rings. The molecule has 6 atom stereocenters. The van der Waals surface area contributed by atoms with Crippen molar-refractivity contribution in [1.29, 1.82) is 0 Å². The van der Waals surface area contributed by atoms with E-state index >= 15 is 0 Å². The van der Waals surface area contributed by atoms with Crippen LogP contribution in [0.4, 0.5) is 0 Å². The fourth-order valence-electron chi connectivity index (χ4n) is 7.98. The summed E-state index contributed by atoms with van der Waals surface area (Å²) in [6.07, 6.45) is 9.83. The van der Waals surface area contributed by atoms with Crippen molar-refractivity contribution in [2.24, 2.45) is 22.9 Å². The first kappa shape index (κ1) is 33.6. The number of hydrogen-bond donors (Lipinski definition) is 3. The number of hydrogen-bond acceptors (Lipinski definition) is 8. The first-order valence-corrected chi connectivity index (χ1v) is 18.0.